The first-order valence-electron chi connectivity index (χ1n) is 9.03. The molecule has 29 heavy (non-hydrogen) atoms. The number of hydrogen-bond acceptors (Lipinski definition) is 3. The lowest BCUT2D eigenvalue weighted by Crippen LogP contribution is -2.45. The Morgan fingerprint density at radius 1 is 0.931 bits per heavy atom. The zero-order valence-corrected chi connectivity index (χ0v) is 18.2. The minimum Gasteiger partial charge on any atom is -0.325 e. The summed E-state index contributed by atoms with van der Waals surface area (Å²) in [7, 11) is -3.86. The van der Waals surface area contributed by atoms with E-state index in [9.17, 15) is 13.2 Å². The van der Waals surface area contributed by atoms with Gasteiger partial charge < -0.3 is 5.32 Å². The van der Waals surface area contributed by atoms with Crippen LogP contribution in [0.15, 0.2) is 88.2 Å². The molecule has 150 valence electrons. The van der Waals surface area contributed by atoms with Crippen LogP contribution < -0.4 is 10.0 Å². The number of aryl methyl sites for hydroxylation is 1. The lowest BCUT2D eigenvalue weighted by Gasteiger charge is -2.19. The molecular formula is C22H21BrN2O3S. The van der Waals surface area contributed by atoms with E-state index in [0.29, 0.717) is 5.69 Å². The fourth-order valence-corrected chi connectivity index (χ4v) is 4.23. The van der Waals surface area contributed by atoms with E-state index in [-0.39, 0.29) is 11.3 Å². The highest BCUT2D eigenvalue weighted by molar-refractivity contribution is 9.10. The molecule has 3 aromatic carbocycles. The van der Waals surface area contributed by atoms with Crippen molar-refractivity contribution in [2.75, 3.05) is 5.32 Å². The number of benzene rings is 3. The maximum absolute atomic E-state index is 12.9. The smallest absolute Gasteiger partial charge is 0.242 e. The molecular weight excluding hydrogens is 452 g/mol. The molecule has 0 aliphatic rings. The Labute approximate surface area is 179 Å². The molecule has 0 aliphatic carbocycles. The van der Waals surface area contributed by atoms with Crippen molar-refractivity contribution in [2.24, 2.45) is 0 Å². The monoisotopic (exact) mass is 472 g/mol. The van der Waals surface area contributed by atoms with Crippen LogP contribution in [-0.4, -0.2) is 20.4 Å². The van der Waals surface area contributed by atoms with Gasteiger partial charge in [-0.15, -0.1) is 0 Å². The first-order chi connectivity index (χ1) is 13.8. The van der Waals surface area contributed by atoms with Crippen LogP contribution in [0.5, 0.6) is 0 Å². The van der Waals surface area contributed by atoms with Crippen LogP contribution in [-0.2, 0) is 21.2 Å². The average Bonchev–Trinajstić information content (AvgIpc) is 2.70. The molecule has 1 atom stereocenters. The Hall–Kier alpha value is -2.48. The third kappa shape index (κ3) is 6.00. The largest absolute Gasteiger partial charge is 0.325 e. The van der Waals surface area contributed by atoms with Crippen molar-refractivity contribution in [3.05, 3.63) is 94.5 Å². The van der Waals surface area contributed by atoms with Crippen molar-refractivity contribution in [1.29, 1.82) is 0 Å². The second-order valence-corrected chi connectivity index (χ2v) is 9.30. The third-order valence-electron chi connectivity index (χ3n) is 4.34. The Morgan fingerprint density at radius 3 is 2.17 bits per heavy atom. The molecule has 0 unspecified atom stereocenters. The Morgan fingerprint density at radius 2 is 1.55 bits per heavy atom. The number of carbonyl (C=O) groups excluding carboxylic acids is 1. The molecule has 1 amide bonds. The predicted octanol–water partition coefficient (Wildman–Crippen LogP) is 4.29. The van der Waals surface area contributed by atoms with E-state index in [4.69, 9.17) is 0 Å². The summed E-state index contributed by atoms with van der Waals surface area (Å²) in [6, 6.07) is 22.0. The summed E-state index contributed by atoms with van der Waals surface area (Å²) in [5.41, 5.74) is 2.40. The number of hydrogen-bond donors (Lipinski definition) is 2. The van der Waals surface area contributed by atoms with Gasteiger partial charge in [-0.1, -0.05) is 64.0 Å². The molecule has 0 spiro atoms. The number of sulfonamides is 1. The van der Waals surface area contributed by atoms with Crippen molar-refractivity contribution < 1.29 is 13.2 Å². The third-order valence-corrected chi connectivity index (χ3v) is 6.36. The zero-order valence-electron chi connectivity index (χ0n) is 15.8. The van der Waals surface area contributed by atoms with E-state index in [0.717, 1.165) is 15.6 Å². The van der Waals surface area contributed by atoms with Gasteiger partial charge in [0.15, 0.2) is 0 Å². The van der Waals surface area contributed by atoms with Crippen LogP contribution in [0.3, 0.4) is 0 Å². The van der Waals surface area contributed by atoms with Gasteiger partial charge >= 0.3 is 0 Å². The summed E-state index contributed by atoms with van der Waals surface area (Å²) >= 11 is 3.35. The highest BCUT2D eigenvalue weighted by atomic mass is 79.9. The minimum absolute atomic E-state index is 0.123. The normalized spacial score (nSPS) is 12.3. The van der Waals surface area contributed by atoms with Crippen LogP contribution in [0.4, 0.5) is 5.69 Å². The first kappa shape index (κ1) is 21.2. The van der Waals surface area contributed by atoms with E-state index < -0.39 is 22.0 Å². The van der Waals surface area contributed by atoms with Gasteiger partial charge in [-0.05, 0) is 55.3 Å². The Kier molecular flexibility index (Phi) is 6.84. The molecule has 0 fully saturated rings. The SMILES string of the molecule is Cc1ccc(S(=O)(=O)N[C@H](Cc2ccccc2)C(=O)Nc2ccc(Br)cc2)cc1. The lowest BCUT2D eigenvalue weighted by molar-refractivity contribution is -0.117. The maximum atomic E-state index is 12.9. The van der Waals surface area contributed by atoms with Gasteiger partial charge in [0, 0.05) is 10.2 Å². The molecule has 0 saturated heterocycles. The summed E-state index contributed by atoms with van der Waals surface area (Å²) in [5.74, 6) is -0.424. The molecule has 5 nitrogen and oxygen atoms in total. The number of halogens is 1. The number of rotatable bonds is 7. The van der Waals surface area contributed by atoms with Crippen molar-refractivity contribution >= 4 is 37.5 Å². The molecule has 7 heteroatoms. The number of amides is 1. The standard InChI is InChI=1S/C22H21BrN2O3S/c1-16-7-13-20(14-8-16)29(27,28)25-21(15-17-5-3-2-4-6-17)22(26)24-19-11-9-18(23)10-12-19/h2-14,21,25H,15H2,1H3,(H,24,26)/t21-/m1/s1. The fraction of sp³-hybridized carbons (Fsp3) is 0.136. The second-order valence-electron chi connectivity index (χ2n) is 6.67. The van der Waals surface area contributed by atoms with Gasteiger partial charge in [-0.3, -0.25) is 4.79 Å². The maximum Gasteiger partial charge on any atom is 0.242 e. The molecule has 0 heterocycles. The van der Waals surface area contributed by atoms with Gasteiger partial charge in [0.2, 0.25) is 15.9 Å². The van der Waals surface area contributed by atoms with Gasteiger partial charge in [-0.25, -0.2) is 8.42 Å². The molecule has 2 N–H and O–H groups in total. The Bertz CT molecular complexity index is 1070. The van der Waals surface area contributed by atoms with Crippen LogP contribution in [0.1, 0.15) is 11.1 Å². The van der Waals surface area contributed by atoms with Crippen molar-refractivity contribution in [1.82, 2.24) is 4.72 Å². The molecule has 0 aliphatic heterocycles. The quantitative estimate of drug-likeness (QED) is 0.538. The predicted molar refractivity (Wildman–Crippen MR) is 118 cm³/mol. The summed E-state index contributed by atoms with van der Waals surface area (Å²) in [6.45, 7) is 1.88. The molecule has 3 aromatic rings. The number of carbonyl (C=O) groups is 1. The topological polar surface area (TPSA) is 75.3 Å². The van der Waals surface area contributed by atoms with Crippen LogP contribution in [0, 0.1) is 6.92 Å². The van der Waals surface area contributed by atoms with Crippen LogP contribution in [0.2, 0.25) is 0 Å². The van der Waals surface area contributed by atoms with Crippen molar-refractivity contribution in [3.8, 4) is 0 Å². The number of anilines is 1. The molecule has 0 aromatic heterocycles. The van der Waals surface area contributed by atoms with E-state index in [1.165, 1.54) is 12.1 Å². The van der Waals surface area contributed by atoms with Crippen LogP contribution in [0.25, 0.3) is 0 Å². The molecule has 0 saturated carbocycles. The highest BCUT2D eigenvalue weighted by Gasteiger charge is 2.26. The summed E-state index contributed by atoms with van der Waals surface area (Å²) in [5, 5.41) is 2.79. The fourth-order valence-electron chi connectivity index (χ4n) is 2.77. The van der Waals surface area contributed by atoms with E-state index in [1.807, 2.05) is 37.3 Å². The summed E-state index contributed by atoms with van der Waals surface area (Å²) < 4.78 is 29.1. The lowest BCUT2D eigenvalue weighted by atomic mass is 10.1. The van der Waals surface area contributed by atoms with E-state index in [1.54, 1.807) is 36.4 Å². The Balaban J connectivity index is 1.84. The van der Waals surface area contributed by atoms with Crippen molar-refractivity contribution in [2.45, 2.75) is 24.3 Å². The first-order valence-corrected chi connectivity index (χ1v) is 11.3. The number of nitrogens with one attached hydrogen (secondary N) is 2. The van der Waals surface area contributed by atoms with Crippen molar-refractivity contribution in [3.63, 3.8) is 0 Å². The van der Waals surface area contributed by atoms with Gasteiger partial charge in [-0.2, -0.15) is 4.72 Å². The minimum atomic E-state index is -3.86. The van der Waals surface area contributed by atoms with Crippen LogP contribution >= 0.6 is 15.9 Å². The summed E-state index contributed by atoms with van der Waals surface area (Å²) in [4.78, 5) is 13.0. The van der Waals surface area contributed by atoms with Gasteiger partial charge in [0.05, 0.1) is 4.90 Å². The van der Waals surface area contributed by atoms with Gasteiger partial charge in [0.1, 0.15) is 6.04 Å². The molecule has 0 radical (unpaired) electrons. The average molecular weight is 473 g/mol. The zero-order chi connectivity index (χ0) is 20.9. The van der Waals surface area contributed by atoms with E-state index in [2.05, 4.69) is 26.0 Å². The molecule has 3 rings (SSSR count). The second kappa shape index (κ2) is 9.35. The van der Waals surface area contributed by atoms with Gasteiger partial charge in [0.25, 0.3) is 0 Å². The van der Waals surface area contributed by atoms with E-state index >= 15 is 0 Å². The summed E-state index contributed by atoms with van der Waals surface area (Å²) in [6.07, 6.45) is 0.230. The molecule has 0 bridgehead atoms. The highest BCUT2D eigenvalue weighted by Crippen LogP contribution is 2.16.